The molecule has 10 heavy (non-hydrogen) atoms. The van der Waals surface area contributed by atoms with Gasteiger partial charge in [-0.15, -0.1) is 0 Å². The highest BCUT2D eigenvalue weighted by molar-refractivity contribution is 6.30. The Kier molecular flexibility index (Phi) is 1.93. The van der Waals surface area contributed by atoms with Crippen LogP contribution in [0.5, 0.6) is 0 Å². The highest BCUT2D eigenvalue weighted by Crippen LogP contribution is 2.14. The van der Waals surface area contributed by atoms with Gasteiger partial charge in [0.15, 0.2) is 0 Å². The molecule has 0 saturated heterocycles. The van der Waals surface area contributed by atoms with Crippen LogP contribution < -0.4 is 5.32 Å². The van der Waals surface area contributed by atoms with Gasteiger partial charge in [0.25, 0.3) is 0 Å². The van der Waals surface area contributed by atoms with Crippen molar-refractivity contribution in [2.75, 3.05) is 6.54 Å². The van der Waals surface area contributed by atoms with E-state index in [9.17, 15) is 4.39 Å². The summed E-state index contributed by atoms with van der Waals surface area (Å²) in [5.41, 5.74) is 0.144. The topological polar surface area (TPSA) is 35.8 Å². The van der Waals surface area contributed by atoms with Crippen LogP contribution in [0.25, 0.3) is 0 Å². The molecule has 52 valence electrons. The molecule has 0 radical (unpaired) electrons. The number of nitriles is 1. The van der Waals surface area contributed by atoms with Crippen LogP contribution in [0.3, 0.4) is 0 Å². The van der Waals surface area contributed by atoms with Crippen LogP contribution in [0.1, 0.15) is 0 Å². The van der Waals surface area contributed by atoms with Gasteiger partial charge in [0.1, 0.15) is 17.1 Å². The lowest BCUT2D eigenvalue weighted by Crippen LogP contribution is -2.16. The Labute approximate surface area is 62.6 Å². The Morgan fingerprint density at radius 1 is 1.80 bits per heavy atom. The van der Waals surface area contributed by atoms with E-state index in [2.05, 4.69) is 5.32 Å². The first-order chi connectivity index (χ1) is 4.74. The normalized spacial score (nSPS) is 17.5. The Morgan fingerprint density at radius 2 is 2.50 bits per heavy atom. The molecule has 0 saturated carbocycles. The smallest absolute Gasteiger partial charge is 0.120 e. The minimum atomic E-state index is -0.374. The van der Waals surface area contributed by atoms with Crippen molar-refractivity contribution < 1.29 is 4.39 Å². The third-order valence-electron chi connectivity index (χ3n) is 1.07. The van der Waals surface area contributed by atoms with Gasteiger partial charge >= 0.3 is 0 Å². The molecule has 0 aromatic rings. The molecule has 0 aliphatic carbocycles. The molecule has 2 nitrogen and oxygen atoms in total. The molecule has 1 aliphatic heterocycles. The van der Waals surface area contributed by atoms with Gasteiger partial charge in [0.05, 0.1) is 12.1 Å². The minimum Gasteiger partial charge on any atom is -0.368 e. The lowest BCUT2D eigenvalue weighted by atomic mass is 10.2. The lowest BCUT2D eigenvalue weighted by Gasteiger charge is -2.08. The second-order valence-corrected chi connectivity index (χ2v) is 2.16. The van der Waals surface area contributed by atoms with Gasteiger partial charge in [-0.25, -0.2) is 4.39 Å². The van der Waals surface area contributed by atoms with Crippen molar-refractivity contribution in [1.82, 2.24) is 5.32 Å². The summed E-state index contributed by atoms with van der Waals surface area (Å²) in [5, 5.41) is 11.1. The molecule has 1 rings (SSSR count). The molecular formula is C6H4ClFN2. The molecule has 0 bridgehead atoms. The highest BCUT2D eigenvalue weighted by atomic mass is 35.5. The van der Waals surface area contributed by atoms with Gasteiger partial charge < -0.3 is 5.32 Å². The molecule has 0 fully saturated rings. The van der Waals surface area contributed by atoms with Gasteiger partial charge in [-0.2, -0.15) is 5.26 Å². The average Bonchev–Trinajstić information content (AvgIpc) is 1.94. The monoisotopic (exact) mass is 158 g/mol. The number of hydrogen-bond acceptors (Lipinski definition) is 2. The van der Waals surface area contributed by atoms with Crippen molar-refractivity contribution in [2.24, 2.45) is 0 Å². The Balaban J connectivity index is 2.95. The quantitative estimate of drug-likeness (QED) is 0.542. The van der Waals surface area contributed by atoms with E-state index in [0.29, 0.717) is 0 Å². The van der Waals surface area contributed by atoms with Crippen molar-refractivity contribution in [3.05, 3.63) is 22.6 Å². The van der Waals surface area contributed by atoms with Crippen LogP contribution in [0, 0.1) is 11.3 Å². The number of hydrogen-bond donors (Lipinski definition) is 1. The lowest BCUT2D eigenvalue weighted by molar-refractivity contribution is 0.590. The Bertz CT molecular complexity index is 249. The van der Waals surface area contributed by atoms with E-state index >= 15 is 0 Å². The van der Waals surface area contributed by atoms with Crippen molar-refractivity contribution in [3.8, 4) is 6.07 Å². The molecule has 0 atom stereocenters. The summed E-state index contributed by atoms with van der Waals surface area (Å²) in [7, 11) is 0. The predicted molar refractivity (Wildman–Crippen MR) is 35.7 cm³/mol. The van der Waals surface area contributed by atoms with Gasteiger partial charge in [0, 0.05) is 0 Å². The van der Waals surface area contributed by atoms with Gasteiger partial charge in [-0.05, 0) is 6.08 Å². The van der Waals surface area contributed by atoms with Gasteiger partial charge in [-0.1, -0.05) is 11.6 Å². The number of dihydropyridines is 1. The molecule has 0 spiro atoms. The molecule has 0 unspecified atom stereocenters. The van der Waals surface area contributed by atoms with E-state index < -0.39 is 0 Å². The van der Waals surface area contributed by atoms with Crippen molar-refractivity contribution in [2.45, 2.75) is 0 Å². The fourth-order valence-corrected chi connectivity index (χ4v) is 0.773. The fourth-order valence-electron chi connectivity index (χ4n) is 0.610. The summed E-state index contributed by atoms with van der Waals surface area (Å²) < 4.78 is 12.3. The molecule has 4 heteroatoms. The summed E-state index contributed by atoms with van der Waals surface area (Å²) in [4.78, 5) is 0. The van der Waals surface area contributed by atoms with E-state index in [1.165, 1.54) is 0 Å². The number of allylic oxidation sites excluding steroid dienone is 2. The largest absolute Gasteiger partial charge is 0.368 e. The van der Waals surface area contributed by atoms with Crippen LogP contribution in [0.15, 0.2) is 22.6 Å². The van der Waals surface area contributed by atoms with Gasteiger partial charge in [0.2, 0.25) is 0 Å². The van der Waals surface area contributed by atoms with E-state index in [1.54, 1.807) is 6.07 Å². The maximum atomic E-state index is 12.3. The summed E-state index contributed by atoms with van der Waals surface area (Å²) in [5.74, 6) is -0.374. The van der Waals surface area contributed by atoms with E-state index in [0.717, 1.165) is 6.08 Å². The molecule has 1 aliphatic rings. The molecule has 0 aromatic heterocycles. The van der Waals surface area contributed by atoms with E-state index in [4.69, 9.17) is 16.9 Å². The number of nitrogens with zero attached hydrogens (tertiary/aromatic N) is 1. The first-order valence-electron chi connectivity index (χ1n) is 2.64. The summed E-state index contributed by atoms with van der Waals surface area (Å²) in [6.07, 6.45) is 1.12. The highest BCUT2D eigenvalue weighted by Gasteiger charge is 2.09. The Hall–Kier alpha value is -1.01. The van der Waals surface area contributed by atoms with Crippen LogP contribution in [0.4, 0.5) is 4.39 Å². The molecule has 1 heterocycles. The Morgan fingerprint density at radius 3 is 3.00 bits per heavy atom. The van der Waals surface area contributed by atoms with Crippen molar-refractivity contribution in [3.63, 3.8) is 0 Å². The molecule has 0 amide bonds. The minimum absolute atomic E-state index is 0.0734. The van der Waals surface area contributed by atoms with Crippen LogP contribution in [-0.4, -0.2) is 6.54 Å². The predicted octanol–water partition coefficient (Wildman–Crippen LogP) is 1.42. The zero-order valence-corrected chi connectivity index (χ0v) is 5.74. The number of halogens is 2. The summed E-state index contributed by atoms with van der Waals surface area (Å²) in [6, 6.07) is 1.75. The van der Waals surface area contributed by atoms with Crippen molar-refractivity contribution >= 4 is 11.6 Å². The summed E-state index contributed by atoms with van der Waals surface area (Å²) in [6.45, 7) is 0.0734. The van der Waals surface area contributed by atoms with E-state index in [1.807, 2.05) is 0 Å². The van der Waals surface area contributed by atoms with Crippen LogP contribution in [0.2, 0.25) is 0 Å². The third-order valence-corrected chi connectivity index (χ3v) is 1.41. The second-order valence-electron chi connectivity index (χ2n) is 1.78. The maximum Gasteiger partial charge on any atom is 0.120 e. The maximum absolute atomic E-state index is 12.3. The first-order valence-corrected chi connectivity index (χ1v) is 3.01. The zero-order chi connectivity index (χ0) is 7.56. The zero-order valence-electron chi connectivity index (χ0n) is 4.99. The fraction of sp³-hybridized carbons (Fsp3) is 0.167. The molecular weight excluding hydrogens is 155 g/mol. The van der Waals surface area contributed by atoms with E-state index in [-0.39, 0.29) is 23.1 Å². The average molecular weight is 159 g/mol. The molecule has 1 N–H and O–H groups in total. The van der Waals surface area contributed by atoms with Crippen LogP contribution in [-0.2, 0) is 0 Å². The third kappa shape index (κ3) is 1.28. The SMILES string of the molecule is N#CC1=C(Cl)NCC(F)=C1. The standard InChI is InChI=1S/C6H4ClFN2/c7-6-4(2-9)1-5(8)3-10-6/h1,10H,3H2. The second kappa shape index (κ2) is 2.72. The number of rotatable bonds is 0. The number of nitrogens with one attached hydrogen (secondary N) is 1. The van der Waals surface area contributed by atoms with Crippen molar-refractivity contribution in [1.29, 1.82) is 5.26 Å². The van der Waals surface area contributed by atoms with Gasteiger partial charge in [-0.3, -0.25) is 0 Å². The summed E-state index contributed by atoms with van der Waals surface area (Å²) >= 11 is 5.48. The van der Waals surface area contributed by atoms with Crippen LogP contribution >= 0.6 is 11.6 Å². The first kappa shape index (κ1) is 7.10. The molecule has 0 aromatic carbocycles.